The van der Waals surface area contributed by atoms with Gasteiger partial charge in [0, 0.05) is 12.8 Å². The fraction of sp³-hybridized carbons (Fsp3) is 0.902. The van der Waals surface area contributed by atoms with Gasteiger partial charge in [-0.05, 0) is 51.4 Å². The Labute approximate surface area is 418 Å². The van der Waals surface area contributed by atoms with Gasteiger partial charge < -0.3 is 20.3 Å². The molecule has 0 heterocycles. The Balaban J connectivity index is 3.38. The number of amides is 1. The first kappa shape index (κ1) is 65.3. The normalized spacial score (nSPS) is 12.7. The van der Waals surface area contributed by atoms with Crippen LogP contribution < -0.4 is 5.32 Å². The van der Waals surface area contributed by atoms with Crippen LogP contribution in [0.1, 0.15) is 328 Å². The molecule has 6 heteroatoms. The number of allylic oxidation sites excluding steroid dienone is 3. The third-order valence-corrected chi connectivity index (χ3v) is 14.0. The fourth-order valence-electron chi connectivity index (χ4n) is 9.32. The largest absolute Gasteiger partial charge is 0.466 e. The molecule has 0 saturated heterocycles. The van der Waals surface area contributed by atoms with Gasteiger partial charge in [-0.25, -0.2) is 0 Å². The maximum atomic E-state index is 12.5. The van der Waals surface area contributed by atoms with Gasteiger partial charge in [0.05, 0.1) is 25.4 Å². The lowest BCUT2D eigenvalue weighted by molar-refractivity contribution is -0.143. The van der Waals surface area contributed by atoms with Crippen molar-refractivity contribution in [1.82, 2.24) is 5.32 Å². The van der Waals surface area contributed by atoms with Crippen molar-refractivity contribution in [2.45, 2.75) is 341 Å². The first-order valence-corrected chi connectivity index (χ1v) is 30.1. The molecule has 0 bridgehead atoms. The summed E-state index contributed by atoms with van der Waals surface area (Å²) in [6.07, 6.45) is 69.3. The summed E-state index contributed by atoms with van der Waals surface area (Å²) in [6.45, 7) is 4.88. The third kappa shape index (κ3) is 53.5. The standard InChI is InChI=1S/C61H117NO5/c1-3-5-7-9-11-13-15-16-30-34-37-41-45-49-53-59(64)58(57-63)62-60(65)54-50-46-42-38-35-31-28-26-24-22-20-18-17-19-21-23-25-27-29-32-36-40-44-48-52-56-67-61(66)55-51-47-43-39-33-14-12-10-8-6-4-2/h10,12,49,53,58-59,63-64H,3-9,11,13-48,50-52,54-57H2,1-2H3,(H,62,65)/b12-10-,53-49+. The van der Waals surface area contributed by atoms with Crippen LogP contribution >= 0.6 is 0 Å². The molecule has 1 amide bonds. The zero-order chi connectivity index (χ0) is 48.6. The smallest absolute Gasteiger partial charge is 0.305 e. The highest BCUT2D eigenvalue weighted by Crippen LogP contribution is 2.18. The summed E-state index contributed by atoms with van der Waals surface area (Å²) >= 11 is 0. The van der Waals surface area contributed by atoms with E-state index in [1.165, 1.54) is 257 Å². The number of rotatable bonds is 56. The van der Waals surface area contributed by atoms with Crippen LogP contribution in [0.25, 0.3) is 0 Å². The summed E-state index contributed by atoms with van der Waals surface area (Å²) in [7, 11) is 0. The van der Waals surface area contributed by atoms with Crippen molar-refractivity contribution in [3.05, 3.63) is 24.3 Å². The Morgan fingerprint density at radius 1 is 0.403 bits per heavy atom. The summed E-state index contributed by atoms with van der Waals surface area (Å²) in [5, 5.41) is 23.1. The Morgan fingerprint density at radius 2 is 0.716 bits per heavy atom. The number of carbonyl (C=O) groups is 2. The predicted octanol–water partition coefficient (Wildman–Crippen LogP) is 18.6. The van der Waals surface area contributed by atoms with E-state index in [-0.39, 0.29) is 18.5 Å². The molecule has 67 heavy (non-hydrogen) atoms. The molecule has 6 nitrogen and oxygen atoms in total. The molecule has 0 spiro atoms. The van der Waals surface area contributed by atoms with Gasteiger partial charge in [-0.2, -0.15) is 0 Å². The van der Waals surface area contributed by atoms with Gasteiger partial charge in [-0.3, -0.25) is 9.59 Å². The number of esters is 1. The van der Waals surface area contributed by atoms with E-state index in [0.29, 0.717) is 19.4 Å². The van der Waals surface area contributed by atoms with Gasteiger partial charge in [-0.1, -0.05) is 289 Å². The minimum Gasteiger partial charge on any atom is -0.466 e. The second-order valence-corrected chi connectivity index (χ2v) is 20.7. The number of unbranched alkanes of at least 4 members (excludes halogenated alkanes) is 43. The summed E-state index contributed by atoms with van der Waals surface area (Å²) in [5.74, 6) is -0.0603. The molecule has 2 atom stereocenters. The van der Waals surface area contributed by atoms with Crippen LogP contribution in [0.5, 0.6) is 0 Å². The Bertz CT molecular complexity index is 1040. The van der Waals surface area contributed by atoms with E-state index < -0.39 is 12.1 Å². The molecule has 0 aromatic heterocycles. The number of carbonyl (C=O) groups excluding carboxylic acids is 2. The topological polar surface area (TPSA) is 95.9 Å². The summed E-state index contributed by atoms with van der Waals surface area (Å²) in [6, 6.07) is -0.625. The number of hydrogen-bond acceptors (Lipinski definition) is 5. The number of nitrogens with one attached hydrogen (secondary N) is 1. The SMILES string of the molecule is CCCC/C=C\CCCCCCCC(=O)OCCCCCCCCCCCCCCCCCCCCCCCCCCCC(=O)NC(CO)C(O)/C=C/CCCCCCCCCCCCCC. The van der Waals surface area contributed by atoms with E-state index in [1.54, 1.807) is 6.08 Å². The van der Waals surface area contributed by atoms with Gasteiger partial charge >= 0.3 is 5.97 Å². The van der Waals surface area contributed by atoms with Gasteiger partial charge in [0.15, 0.2) is 0 Å². The molecule has 0 aromatic rings. The van der Waals surface area contributed by atoms with Crippen molar-refractivity contribution in [3.8, 4) is 0 Å². The zero-order valence-corrected chi connectivity index (χ0v) is 45.1. The quantitative estimate of drug-likeness (QED) is 0.0321. The molecule has 0 aromatic carbocycles. The molecule has 2 unspecified atom stereocenters. The second kappa shape index (κ2) is 56.9. The molecule has 0 saturated carbocycles. The van der Waals surface area contributed by atoms with Gasteiger partial charge in [0.2, 0.25) is 5.91 Å². The van der Waals surface area contributed by atoms with Crippen molar-refractivity contribution in [2.24, 2.45) is 0 Å². The average molecular weight is 945 g/mol. The highest BCUT2D eigenvalue weighted by atomic mass is 16.5. The summed E-state index contributed by atoms with van der Waals surface area (Å²) in [4.78, 5) is 24.4. The summed E-state index contributed by atoms with van der Waals surface area (Å²) < 4.78 is 5.46. The van der Waals surface area contributed by atoms with E-state index in [0.717, 1.165) is 44.9 Å². The summed E-state index contributed by atoms with van der Waals surface area (Å²) in [5.41, 5.74) is 0. The number of aliphatic hydroxyl groups is 2. The van der Waals surface area contributed by atoms with Crippen molar-refractivity contribution >= 4 is 11.9 Å². The minimum absolute atomic E-state index is 0.00488. The molecular formula is C61H117NO5. The van der Waals surface area contributed by atoms with Gasteiger partial charge in [-0.15, -0.1) is 0 Å². The van der Waals surface area contributed by atoms with Crippen molar-refractivity contribution in [3.63, 3.8) is 0 Å². The lowest BCUT2D eigenvalue weighted by Crippen LogP contribution is -2.45. The molecule has 0 aliphatic carbocycles. The molecule has 0 aliphatic rings. The first-order chi connectivity index (χ1) is 33.0. The molecular weight excluding hydrogens is 827 g/mol. The zero-order valence-electron chi connectivity index (χ0n) is 45.1. The van der Waals surface area contributed by atoms with E-state index in [2.05, 4.69) is 31.3 Å². The molecule has 0 radical (unpaired) electrons. The fourth-order valence-corrected chi connectivity index (χ4v) is 9.32. The number of ether oxygens (including phenoxy) is 1. The Kier molecular flexibility index (Phi) is 55.5. The van der Waals surface area contributed by atoms with Crippen LogP contribution in [-0.4, -0.2) is 47.4 Å². The molecule has 396 valence electrons. The van der Waals surface area contributed by atoms with Crippen LogP contribution in [0, 0.1) is 0 Å². The van der Waals surface area contributed by atoms with E-state index in [9.17, 15) is 19.8 Å². The highest BCUT2D eigenvalue weighted by molar-refractivity contribution is 5.76. The van der Waals surface area contributed by atoms with Crippen LogP contribution in [0.2, 0.25) is 0 Å². The molecule has 0 aliphatic heterocycles. The monoisotopic (exact) mass is 944 g/mol. The molecule has 0 fully saturated rings. The van der Waals surface area contributed by atoms with Crippen molar-refractivity contribution in [1.29, 1.82) is 0 Å². The predicted molar refractivity (Wildman–Crippen MR) is 292 cm³/mol. The molecule has 0 rings (SSSR count). The number of hydrogen-bond donors (Lipinski definition) is 3. The maximum Gasteiger partial charge on any atom is 0.305 e. The van der Waals surface area contributed by atoms with Crippen molar-refractivity contribution in [2.75, 3.05) is 13.2 Å². The van der Waals surface area contributed by atoms with Crippen molar-refractivity contribution < 1.29 is 24.5 Å². The van der Waals surface area contributed by atoms with Crippen LogP contribution in [0.15, 0.2) is 24.3 Å². The van der Waals surface area contributed by atoms with E-state index >= 15 is 0 Å². The van der Waals surface area contributed by atoms with E-state index in [4.69, 9.17) is 4.74 Å². The highest BCUT2D eigenvalue weighted by Gasteiger charge is 2.18. The Morgan fingerprint density at radius 3 is 1.10 bits per heavy atom. The number of aliphatic hydroxyl groups excluding tert-OH is 2. The third-order valence-electron chi connectivity index (χ3n) is 14.0. The van der Waals surface area contributed by atoms with Crippen LogP contribution in [-0.2, 0) is 14.3 Å². The van der Waals surface area contributed by atoms with Gasteiger partial charge in [0.1, 0.15) is 0 Å². The minimum atomic E-state index is -0.842. The van der Waals surface area contributed by atoms with Crippen LogP contribution in [0.4, 0.5) is 0 Å². The Hall–Kier alpha value is -1.66. The van der Waals surface area contributed by atoms with E-state index in [1.807, 2.05) is 6.08 Å². The van der Waals surface area contributed by atoms with Gasteiger partial charge in [0.25, 0.3) is 0 Å². The maximum absolute atomic E-state index is 12.5. The first-order valence-electron chi connectivity index (χ1n) is 30.1. The lowest BCUT2D eigenvalue weighted by atomic mass is 10.0. The lowest BCUT2D eigenvalue weighted by Gasteiger charge is -2.20. The van der Waals surface area contributed by atoms with Crippen LogP contribution in [0.3, 0.4) is 0 Å². The second-order valence-electron chi connectivity index (χ2n) is 20.7. The molecule has 3 N–H and O–H groups in total. The average Bonchev–Trinajstić information content (AvgIpc) is 3.33.